The van der Waals surface area contributed by atoms with Gasteiger partial charge in [0.1, 0.15) is 5.82 Å². The molecule has 0 fully saturated rings. The minimum atomic E-state index is 0.643. The van der Waals surface area contributed by atoms with Crippen molar-refractivity contribution in [1.29, 1.82) is 0 Å². The number of rotatable bonds is 7. The molecular weight excluding hydrogens is 200 g/mol. The monoisotopic (exact) mass is 222 g/mol. The van der Waals surface area contributed by atoms with Crippen LogP contribution in [0, 0.1) is 5.92 Å². The van der Waals surface area contributed by atoms with Crippen LogP contribution in [0.4, 0.5) is 5.82 Å². The van der Waals surface area contributed by atoms with E-state index in [0.29, 0.717) is 11.7 Å². The largest absolute Gasteiger partial charge is 0.383 e. The van der Waals surface area contributed by atoms with E-state index in [9.17, 15) is 0 Å². The Kier molecular flexibility index (Phi) is 5.86. The Morgan fingerprint density at radius 3 is 2.88 bits per heavy atom. The Morgan fingerprint density at radius 1 is 1.38 bits per heavy atom. The number of hydrogen-bond donors (Lipinski definition) is 1. The summed E-state index contributed by atoms with van der Waals surface area (Å²) < 4.78 is 5.54. The van der Waals surface area contributed by atoms with E-state index in [2.05, 4.69) is 18.8 Å². The Morgan fingerprint density at radius 2 is 2.19 bits per heavy atom. The smallest absolute Gasteiger partial charge is 0.126 e. The molecule has 16 heavy (non-hydrogen) atoms. The van der Waals surface area contributed by atoms with E-state index in [1.807, 2.05) is 12.1 Å². The lowest BCUT2D eigenvalue weighted by Gasteiger charge is -2.07. The summed E-state index contributed by atoms with van der Waals surface area (Å²) >= 11 is 0. The van der Waals surface area contributed by atoms with Gasteiger partial charge in [-0.25, -0.2) is 4.98 Å². The number of nitrogen functional groups attached to an aromatic ring is 1. The van der Waals surface area contributed by atoms with Crippen molar-refractivity contribution in [1.82, 2.24) is 4.98 Å². The minimum absolute atomic E-state index is 0.643. The third-order valence-electron chi connectivity index (χ3n) is 2.50. The molecule has 0 aromatic carbocycles. The van der Waals surface area contributed by atoms with E-state index >= 15 is 0 Å². The standard InChI is InChI=1S/C13H22N2O/c1-11(2)7-10-16-9-4-6-12-5-3-8-15-13(12)14/h3,5,8,11H,4,6-7,9-10H2,1-2H3,(H2,14,15). The first kappa shape index (κ1) is 13.0. The number of nitrogens with zero attached hydrogens (tertiary/aromatic N) is 1. The Hall–Kier alpha value is -1.09. The quantitative estimate of drug-likeness (QED) is 0.721. The normalized spacial score (nSPS) is 10.9. The van der Waals surface area contributed by atoms with Crippen LogP contribution in [0.1, 0.15) is 32.3 Å². The maximum absolute atomic E-state index is 5.75. The summed E-state index contributed by atoms with van der Waals surface area (Å²) in [6.45, 7) is 6.08. The van der Waals surface area contributed by atoms with Crippen molar-refractivity contribution < 1.29 is 4.74 Å². The molecule has 90 valence electrons. The fraction of sp³-hybridized carbons (Fsp3) is 0.615. The van der Waals surface area contributed by atoms with Crippen LogP contribution in [-0.2, 0) is 11.2 Å². The van der Waals surface area contributed by atoms with Crippen molar-refractivity contribution in [2.45, 2.75) is 33.1 Å². The molecule has 3 nitrogen and oxygen atoms in total. The average Bonchev–Trinajstić information content (AvgIpc) is 2.25. The summed E-state index contributed by atoms with van der Waals surface area (Å²) in [6, 6.07) is 3.95. The van der Waals surface area contributed by atoms with Crippen molar-refractivity contribution in [2.75, 3.05) is 18.9 Å². The van der Waals surface area contributed by atoms with Crippen molar-refractivity contribution in [3.05, 3.63) is 23.9 Å². The first-order valence-electron chi connectivity index (χ1n) is 5.97. The summed E-state index contributed by atoms with van der Waals surface area (Å²) in [5.41, 5.74) is 6.87. The van der Waals surface area contributed by atoms with Gasteiger partial charge in [0, 0.05) is 19.4 Å². The highest BCUT2D eigenvalue weighted by Crippen LogP contribution is 2.09. The highest BCUT2D eigenvalue weighted by molar-refractivity contribution is 5.38. The third-order valence-corrected chi connectivity index (χ3v) is 2.50. The predicted molar refractivity (Wildman–Crippen MR) is 67.2 cm³/mol. The number of hydrogen-bond acceptors (Lipinski definition) is 3. The molecule has 0 unspecified atom stereocenters. The Labute approximate surface area is 98.0 Å². The lowest BCUT2D eigenvalue weighted by Crippen LogP contribution is -2.03. The molecule has 1 aromatic heterocycles. The average molecular weight is 222 g/mol. The van der Waals surface area contributed by atoms with E-state index < -0.39 is 0 Å². The van der Waals surface area contributed by atoms with Gasteiger partial charge in [0.15, 0.2) is 0 Å². The molecular formula is C13H22N2O. The number of nitrogens with two attached hydrogens (primary N) is 1. The Bertz CT molecular complexity index is 300. The molecule has 2 N–H and O–H groups in total. The molecule has 1 heterocycles. The SMILES string of the molecule is CC(C)CCOCCCc1cccnc1N. The second kappa shape index (κ2) is 7.23. The van der Waals surface area contributed by atoms with Gasteiger partial charge in [-0.05, 0) is 36.8 Å². The Balaban J connectivity index is 2.10. The van der Waals surface area contributed by atoms with Gasteiger partial charge >= 0.3 is 0 Å². The van der Waals surface area contributed by atoms with Crippen molar-refractivity contribution in [3.8, 4) is 0 Å². The van der Waals surface area contributed by atoms with E-state index in [1.165, 1.54) is 0 Å². The topological polar surface area (TPSA) is 48.1 Å². The number of anilines is 1. The second-order valence-electron chi connectivity index (χ2n) is 4.45. The minimum Gasteiger partial charge on any atom is -0.383 e. The first-order valence-corrected chi connectivity index (χ1v) is 5.97. The van der Waals surface area contributed by atoms with Crippen LogP contribution >= 0.6 is 0 Å². The molecule has 0 spiro atoms. The summed E-state index contributed by atoms with van der Waals surface area (Å²) in [5, 5.41) is 0. The molecule has 0 atom stereocenters. The van der Waals surface area contributed by atoms with Gasteiger partial charge < -0.3 is 10.5 Å². The van der Waals surface area contributed by atoms with Crippen molar-refractivity contribution >= 4 is 5.82 Å². The van der Waals surface area contributed by atoms with Gasteiger partial charge in [-0.3, -0.25) is 0 Å². The summed E-state index contributed by atoms with van der Waals surface area (Å²) in [4.78, 5) is 4.05. The van der Waals surface area contributed by atoms with Gasteiger partial charge in [-0.2, -0.15) is 0 Å². The zero-order chi connectivity index (χ0) is 11.8. The lowest BCUT2D eigenvalue weighted by molar-refractivity contribution is 0.121. The third kappa shape index (κ3) is 5.12. The van der Waals surface area contributed by atoms with Crippen LogP contribution in [0.15, 0.2) is 18.3 Å². The van der Waals surface area contributed by atoms with Crippen LogP contribution in [0.2, 0.25) is 0 Å². The summed E-state index contributed by atoms with van der Waals surface area (Å²) in [7, 11) is 0. The van der Waals surface area contributed by atoms with E-state index in [4.69, 9.17) is 10.5 Å². The lowest BCUT2D eigenvalue weighted by atomic mass is 10.1. The van der Waals surface area contributed by atoms with Gasteiger partial charge in [0.25, 0.3) is 0 Å². The molecule has 0 saturated heterocycles. The molecule has 0 aliphatic carbocycles. The number of pyridine rings is 1. The number of aromatic nitrogens is 1. The van der Waals surface area contributed by atoms with Gasteiger partial charge in [0.05, 0.1) is 0 Å². The molecule has 1 rings (SSSR count). The van der Waals surface area contributed by atoms with Crippen molar-refractivity contribution in [2.24, 2.45) is 5.92 Å². The zero-order valence-corrected chi connectivity index (χ0v) is 10.3. The molecule has 1 aromatic rings. The van der Waals surface area contributed by atoms with E-state index in [-0.39, 0.29) is 0 Å². The highest BCUT2D eigenvalue weighted by atomic mass is 16.5. The number of aryl methyl sites for hydroxylation is 1. The first-order chi connectivity index (χ1) is 7.70. The molecule has 0 aliphatic heterocycles. The molecule has 0 bridgehead atoms. The van der Waals surface area contributed by atoms with Crippen LogP contribution < -0.4 is 5.73 Å². The molecule has 0 radical (unpaired) electrons. The van der Waals surface area contributed by atoms with Gasteiger partial charge in [-0.1, -0.05) is 19.9 Å². The summed E-state index contributed by atoms with van der Waals surface area (Å²) in [6.07, 6.45) is 4.81. The van der Waals surface area contributed by atoms with Crippen LogP contribution in [0.3, 0.4) is 0 Å². The van der Waals surface area contributed by atoms with Gasteiger partial charge in [0.2, 0.25) is 0 Å². The van der Waals surface area contributed by atoms with Crippen molar-refractivity contribution in [3.63, 3.8) is 0 Å². The fourth-order valence-corrected chi connectivity index (χ4v) is 1.45. The molecule has 0 aliphatic rings. The molecule has 0 saturated carbocycles. The highest BCUT2D eigenvalue weighted by Gasteiger charge is 1.99. The zero-order valence-electron chi connectivity index (χ0n) is 10.3. The van der Waals surface area contributed by atoms with Crippen LogP contribution in [0.5, 0.6) is 0 Å². The molecule has 0 amide bonds. The molecule has 3 heteroatoms. The van der Waals surface area contributed by atoms with Crippen LogP contribution in [0.25, 0.3) is 0 Å². The van der Waals surface area contributed by atoms with E-state index in [1.54, 1.807) is 6.20 Å². The van der Waals surface area contributed by atoms with Gasteiger partial charge in [-0.15, -0.1) is 0 Å². The predicted octanol–water partition coefficient (Wildman–Crippen LogP) is 2.66. The maximum atomic E-state index is 5.75. The van der Waals surface area contributed by atoms with Crippen LogP contribution in [-0.4, -0.2) is 18.2 Å². The second-order valence-corrected chi connectivity index (χ2v) is 4.45. The summed E-state index contributed by atoms with van der Waals surface area (Å²) in [5.74, 6) is 1.36. The van der Waals surface area contributed by atoms with E-state index in [0.717, 1.165) is 38.0 Å². The maximum Gasteiger partial charge on any atom is 0.126 e. The number of ether oxygens (including phenoxy) is 1. The fourth-order valence-electron chi connectivity index (χ4n) is 1.45.